The molecule has 1 unspecified atom stereocenters. The molecular weight excluding hydrogens is 313 g/mol. The van der Waals surface area contributed by atoms with Gasteiger partial charge in [-0.2, -0.15) is 13.2 Å². The number of amides is 1. The van der Waals surface area contributed by atoms with Gasteiger partial charge in [-0.3, -0.25) is 14.9 Å². The van der Waals surface area contributed by atoms with Crippen LogP contribution in [0.2, 0.25) is 0 Å². The van der Waals surface area contributed by atoms with E-state index in [-0.39, 0.29) is 24.7 Å². The summed E-state index contributed by atoms with van der Waals surface area (Å²) in [5.41, 5.74) is -0.601. The van der Waals surface area contributed by atoms with Crippen LogP contribution in [0.15, 0.2) is 24.3 Å². The van der Waals surface area contributed by atoms with Crippen LogP contribution in [0.25, 0.3) is 0 Å². The highest BCUT2D eigenvalue weighted by Gasteiger charge is 2.35. The Morgan fingerprint density at radius 1 is 1.43 bits per heavy atom. The summed E-state index contributed by atoms with van der Waals surface area (Å²) in [7, 11) is 0. The molecule has 1 atom stereocenters. The van der Waals surface area contributed by atoms with Crippen LogP contribution in [0.3, 0.4) is 0 Å². The van der Waals surface area contributed by atoms with Crippen molar-refractivity contribution in [2.24, 2.45) is 0 Å². The van der Waals surface area contributed by atoms with Gasteiger partial charge >= 0.3 is 12.1 Å². The number of alkyl halides is 3. The monoisotopic (exact) mass is 330 g/mol. The van der Waals surface area contributed by atoms with Crippen LogP contribution >= 0.6 is 0 Å². The van der Waals surface area contributed by atoms with Gasteiger partial charge in [-0.1, -0.05) is 6.07 Å². The molecule has 0 aromatic heterocycles. The first-order valence-electron chi connectivity index (χ1n) is 7.20. The summed E-state index contributed by atoms with van der Waals surface area (Å²) in [5, 5.41) is 2.77. The zero-order valence-corrected chi connectivity index (χ0v) is 12.5. The molecule has 126 valence electrons. The predicted molar refractivity (Wildman–Crippen MR) is 76.8 cm³/mol. The van der Waals surface area contributed by atoms with Crippen molar-refractivity contribution >= 4 is 17.6 Å². The molecule has 8 heteroatoms. The van der Waals surface area contributed by atoms with Crippen molar-refractivity contribution in [2.75, 3.05) is 24.6 Å². The molecule has 1 aliphatic heterocycles. The highest BCUT2D eigenvalue weighted by molar-refractivity contribution is 5.99. The predicted octanol–water partition coefficient (Wildman–Crippen LogP) is 1.96. The van der Waals surface area contributed by atoms with E-state index in [4.69, 9.17) is 4.74 Å². The molecule has 0 saturated carbocycles. The first-order valence-corrected chi connectivity index (χ1v) is 7.20. The lowest BCUT2D eigenvalue weighted by Gasteiger charge is -2.18. The summed E-state index contributed by atoms with van der Waals surface area (Å²) in [4.78, 5) is 24.8. The number of hydrogen-bond donors (Lipinski definition) is 1. The number of carbonyl (C=O) groups is 2. The molecular formula is C15H17F3N2O3. The number of rotatable bonds is 5. The van der Waals surface area contributed by atoms with E-state index in [0.29, 0.717) is 13.0 Å². The van der Waals surface area contributed by atoms with Gasteiger partial charge in [0.05, 0.1) is 24.8 Å². The van der Waals surface area contributed by atoms with E-state index in [1.807, 2.05) is 0 Å². The Labute approximate surface area is 131 Å². The van der Waals surface area contributed by atoms with Gasteiger partial charge in [0, 0.05) is 12.2 Å². The van der Waals surface area contributed by atoms with Crippen molar-refractivity contribution in [2.45, 2.75) is 25.6 Å². The Balaban J connectivity index is 2.03. The van der Waals surface area contributed by atoms with Crippen molar-refractivity contribution in [1.82, 2.24) is 5.32 Å². The van der Waals surface area contributed by atoms with E-state index in [0.717, 1.165) is 12.1 Å². The zero-order chi connectivity index (χ0) is 17.0. The molecule has 1 aliphatic rings. The quantitative estimate of drug-likeness (QED) is 0.839. The van der Waals surface area contributed by atoms with Gasteiger partial charge in [-0.05, 0) is 31.5 Å². The molecule has 23 heavy (non-hydrogen) atoms. The molecule has 1 saturated heterocycles. The van der Waals surface area contributed by atoms with Crippen molar-refractivity contribution in [3.05, 3.63) is 29.8 Å². The second-order valence-electron chi connectivity index (χ2n) is 5.07. The first kappa shape index (κ1) is 17.3. The van der Waals surface area contributed by atoms with E-state index in [1.165, 1.54) is 17.0 Å². The largest absolute Gasteiger partial charge is 0.465 e. The van der Waals surface area contributed by atoms with Gasteiger partial charge in [0.2, 0.25) is 5.91 Å². The number of ether oxygens (including phenoxy) is 1. The topological polar surface area (TPSA) is 58.6 Å². The standard InChI is InChI=1S/C15H17F3N2O3/c1-2-23-13(21)9-19-12-6-7-20(14(12)22)11-5-3-4-10(8-11)15(16,17)18/h3-5,8,12,19H,2,6-7,9H2,1H3. The number of benzene rings is 1. The van der Waals surface area contributed by atoms with Crippen molar-refractivity contribution < 1.29 is 27.5 Å². The first-order chi connectivity index (χ1) is 10.8. The molecule has 0 radical (unpaired) electrons. The molecule has 1 N–H and O–H groups in total. The molecule has 1 amide bonds. The lowest BCUT2D eigenvalue weighted by atomic mass is 10.2. The van der Waals surface area contributed by atoms with Gasteiger partial charge in [-0.15, -0.1) is 0 Å². The summed E-state index contributed by atoms with van der Waals surface area (Å²) in [6.45, 7) is 2.10. The number of halogens is 3. The Morgan fingerprint density at radius 2 is 2.17 bits per heavy atom. The number of esters is 1. The van der Waals surface area contributed by atoms with Gasteiger partial charge < -0.3 is 9.64 Å². The third-order valence-electron chi connectivity index (χ3n) is 3.49. The lowest BCUT2D eigenvalue weighted by molar-refractivity contribution is -0.142. The van der Waals surface area contributed by atoms with E-state index >= 15 is 0 Å². The van der Waals surface area contributed by atoms with E-state index in [1.54, 1.807) is 6.92 Å². The Bertz CT molecular complexity index is 590. The van der Waals surface area contributed by atoms with Crippen molar-refractivity contribution in [3.8, 4) is 0 Å². The normalized spacial score (nSPS) is 18.3. The molecule has 0 spiro atoms. The second-order valence-corrected chi connectivity index (χ2v) is 5.07. The highest BCUT2D eigenvalue weighted by Crippen LogP contribution is 2.32. The average molecular weight is 330 g/mol. The summed E-state index contributed by atoms with van der Waals surface area (Å²) in [5.74, 6) is -0.827. The molecule has 5 nitrogen and oxygen atoms in total. The summed E-state index contributed by atoms with van der Waals surface area (Å²) >= 11 is 0. The minimum atomic E-state index is -4.46. The van der Waals surface area contributed by atoms with Crippen LogP contribution in [-0.4, -0.2) is 37.6 Å². The van der Waals surface area contributed by atoms with E-state index < -0.39 is 23.8 Å². The van der Waals surface area contributed by atoms with Crippen LogP contribution in [0.4, 0.5) is 18.9 Å². The van der Waals surface area contributed by atoms with Gasteiger partial charge in [0.15, 0.2) is 0 Å². The van der Waals surface area contributed by atoms with Gasteiger partial charge in [0.1, 0.15) is 0 Å². The molecule has 1 aromatic carbocycles. The fraction of sp³-hybridized carbons (Fsp3) is 0.467. The van der Waals surface area contributed by atoms with E-state index in [9.17, 15) is 22.8 Å². The number of nitrogens with zero attached hydrogens (tertiary/aromatic N) is 1. The maximum Gasteiger partial charge on any atom is 0.416 e. The Morgan fingerprint density at radius 3 is 2.83 bits per heavy atom. The lowest BCUT2D eigenvalue weighted by Crippen LogP contribution is -2.41. The molecule has 1 heterocycles. The fourth-order valence-electron chi connectivity index (χ4n) is 2.39. The molecule has 1 aromatic rings. The van der Waals surface area contributed by atoms with Crippen LogP contribution in [0.1, 0.15) is 18.9 Å². The summed E-state index contributed by atoms with van der Waals surface area (Å²) < 4.78 is 43.0. The van der Waals surface area contributed by atoms with Gasteiger partial charge in [0.25, 0.3) is 0 Å². The minimum absolute atomic E-state index is 0.110. The number of anilines is 1. The average Bonchev–Trinajstić information content (AvgIpc) is 2.86. The second kappa shape index (κ2) is 6.99. The smallest absolute Gasteiger partial charge is 0.416 e. The summed E-state index contributed by atoms with van der Waals surface area (Å²) in [6.07, 6.45) is -4.05. The van der Waals surface area contributed by atoms with Crippen LogP contribution in [0, 0.1) is 0 Å². The SMILES string of the molecule is CCOC(=O)CNC1CCN(c2cccc(C(F)(F)F)c2)C1=O. The third kappa shape index (κ3) is 4.22. The van der Waals surface area contributed by atoms with Crippen LogP contribution in [-0.2, 0) is 20.5 Å². The maximum atomic E-state index is 12.7. The number of carbonyl (C=O) groups excluding carboxylic acids is 2. The molecule has 0 aliphatic carbocycles. The Kier molecular flexibility index (Phi) is 5.25. The Hall–Kier alpha value is -2.09. The molecule has 2 rings (SSSR count). The number of nitrogens with one attached hydrogen (secondary N) is 1. The van der Waals surface area contributed by atoms with Crippen molar-refractivity contribution in [1.29, 1.82) is 0 Å². The third-order valence-corrected chi connectivity index (χ3v) is 3.49. The van der Waals surface area contributed by atoms with E-state index in [2.05, 4.69) is 5.32 Å². The number of hydrogen-bond acceptors (Lipinski definition) is 4. The molecule has 1 fully saturated rings. The summed E-state index contributed by atoms with van der Waals surface area (Å²) in [6, 6.07) is 4.03. The highest BCUT2D eigenvalue weighted by atomic mass is 19.4. The molecule has 0 bridgehead atoms. The van der Waals surface area contributed by atoms with Crippen LogP contribution in [0.5, 0.6) is 0 Å². The van der Waals surface area contributed by atoms with Gasteiger partial charge in [-0.25, -0.2) is 0 Å². The zero-order valence-electron chi connectivity index (χ0n) is 12.5. The van der Waals surface area contributed by atoms with Crippen molar-refractivity contribution in [3.63, 3.8) is 0 Å². The minimum Gasteiger partial charge on any atom is -0.465 e. The maximum absolute atomic E-state index is 12.7. The fourth-order valence-corrected chi connectivity index (χ4v) is 2.39. The van der Waals surface area contributed by atoms with Crippen LogP contribution < -0.4 is 10.2 Å².